The smallest absolute Gasteiger partial charge is 0.234 e. The van der Waals surface area contributed by atoms with Gasteiger partial charge in [-0.2, -0.15) is 0 Å². The number of amides is 1. The molecular formula is C23H18ClFN4OS. The van der Waals surface area contributed by atoms with Crippen molar-refractivity contribution in [3.05, 3.63) is 95.3 Å². The Morgan fingerprint density at radius 3 is 2.55 bits per heavy atom. The molecule has 0 aliphatic heterocycles. The highest BCUT2D eigenvalue weighted by Gasteiger charge is 2.18. The zero-order chi connectivity index (χ0) is 21.6. The Balaban J connectivity index is 1.57. The summed E-state index contributed by atoms with van der Waals surface area (Å²) in [4.78, 5) is 12.4. The lowest BCUT2D eigenvalue weighted by molar-refractivity contribution is -0.113. The molecule has 0 saturated carbocycles. The van der Waals surface area contributed by atoms with Gasteiger partial charge in [0.1, 0.15) is 5.82 Å². The van der Waals surface area contributed by atoms with Crippen LogP contribution in [-0.2, 0) is 11.3 Å². The van der Waals surface area contributed by atoms with Crippen LogP contribution in [0.1, 0.15) is 5.56 Å². The minimum absolute atomic E-state index is 0.103. The number of hydrogen-bond donors (Lipinski definition) is 1. The summed E-state index contributed by atoms with van der Waals surface area (Å²) in [7, 11) is 0. The van der Waals surface area contributed by atoms with Gasteiger partial charge in [0.15, 0.2) is 11.0 Å². The van der Waals surface area contributed by atoms with Crippen molar-refractivity contribution in [3.8, 4) is 11.4 Å². The average Bonchev–Trinajstić information content (AvgIpc) is 3.15. The van der Waals surface area contributed by atoms with E-state index in [9.17, 15) is 9.18 Å². The molecule has 0 fully saturated rings. The van der Waals surface area contributed by atoms with E-state index in [1.807, 2.05) is 53.1 Å². The summed E-state index contributed by atoms with van der Waals surface area (Å²) < 4.78 is 15.3. The van der Waals surface area contributed by atoms with E-state index >= 15 is 0 Å². The van der Waals surface area contributed by atoms with Crippen molar-refractivity contribution in [1.82, 2.24) is 14.8 Å². The van der Waals surface area contributed by atoms with Crippen LogP contribution in [0.5, 0.6) is 0 Å². The minimum Gasteiger partial charge on any atom is -0.325 e. The molecule has 0 radical (unpaired) electrons. The summed E-state index contributed by atoms with van der Waals surface area (Å²) in [6, 6.07) is 23.1. The second kappa shape index (κ2) is 9.76. The van der Waals surface area contributed by atoms with Crippen LogP contribution in [0.4, 0.5) is 10.1 Å². The molecule has 3 aromatic carbocycles. The predicted molar refractivity (Wildman–Crippen MR) is 122 cm³/mol. The van der Waals surface area contributed by atoms with Crippen molar-refractivity contribution in [2.45, 2.75) is 11.7 Å². The van der Waals surface area contributed by atoms with E-state index in [0.717, 1.165) is 11.1 Å². The molecule has 1 amide bonds. The van der Waals surface area contributed by atoms with Crippen LogP contribution in [0.25, 0.3) is 11.4 Å². The van der Waals surface area contributed by atoms with E-state index in [0.29, 0.717) is 28.2 Å². The normalized spacial score (nSPS) is 10.8. The summed E-state index contributed by atoms with van der Waals surface area (Å²) in [5.74, 6) is 0.0652. The third-order valence-corrected chi connectivity index (χ3v) is 5.75. The number of nitrogens with zero attached hydrogens (tertiary/aromatic N) is 3. The van der Waals surface area contributed by atoms with Crippen molar-refractivity contribution in [1.29, 1.82) is 0 Å². The largest absolute Gasteiger partial charge is 0.325 e. The first kappa shape index (κ1) is 21.1. The van der Waals surface area contributed by atoms with E-state index < -0.39 is 5.82 Å². The van der Waals surface area contributed by atoms with Crippen LogP contribution < -0.4 is 5.32 Å². The molecular weight excluding hydrogens is 435 g/mol. The van der Waals surface area contributed by atoms with Crippen LogP contribution in [0, 0.1) is 5.82 Å². The number of aromatic nitrogens is 3. The zero-order valence-corrected chi connectivity index (χ0v) is 17.9. The third kappa shape index (κ3) is 5.31. The van der Waals surface area contributed by atoms with Crippen LogP contribution in [0.2, 0.25) is 5.02 Å². The number of nitrogens with one attached hydrogen (secondary N) is 1. The zero-order valence-electron chi connectivity index (χ0n) is 16.3. The Bertz CT molecular complexity index is 1200. The van der Waals surface area contributed by atoms with Gasteiger partial charge in [-0.1, -0.05) is 71.9 Å². The number of anilines is 1. The molecule has 0 bridgehead atoms. The predicted octanol–water partition coefficient (Wildman–Crippen LogP) is 5.52. The van der Waals surface area contributed by atoms with Gasteiger partial charge in [-0.05, 0) is 35.9 Å². The van der Waals surface area contributed by atoms with Gasteiger partial charge in [-0.15, -0.1) is 10.2 Å². The number of carbonyl (C=O) groups excluding carboxylic acids is 1. The molecule has 1 heterocycles. The Morgan fingerprint density at radius 2 is 1.77 bits per heavy atom. The average molecular weight is 453 g/mol. The molecule has 1 N–H and O–H groups in total. The van der Waals surface area contributed by atoms with Gasteiger partial charge in [-0.3, -0.25) is 9.36 Å². The molecule has 8 heteroatoms. The fourth-order valence-corrected chi connectivity index (χ4v) is 4.00. The van der Waals surface area contributed by atoms with Gasteiger partial charge >= 0.3 is 0 Å². The lowest BCUT2D eigenvalue weighted by atomic mass is 10.2. The molecule has 0 aliphatic carbocycles. The number of thioether (sulfide) groups is 1. The lowest BCUT2D eigenvalue weighted by Gasteiger charge is -2.11. The fraction of sp³-hybridized carbons (Fsp3) is 0.0870. The maximum absolute atomic E-state index is 13.3. The summed E-state index contributed by atoms with van der Waals surface area (Å²) in [5, 5.41) is 12.5. The van der Waals surface area contributed by atoms with Gasteiger partial charge in [0.05, 0.1) is 17.3 Å². The highest BCUT2D eigenvalue weighted by atomic mass is 35.5. The number of carbonyl (C=O) groups is 1. The number of rotatable bonds is 7. The lowest BCUT2D eigenvalue weighted by Crippen LogP contribution is -2.15. The summed E-state index contributed by atoms with van der Waals surface area (Å²) in [5.41, 5.74) is 2.25. The first-order valence-corrected chi connectivity index (χ1v) is 10.9. The Kier molecular flexibility index (Phi) is 6.64. The molecule has 156 valence electrons. The van der Waals surface area contributed by atoms with Gasteiger partial charge in [0.25, 0.3) is 0 Å². The maximum Gasteiger partial charge on any atom is 0.234 e. The van der Waals surface area contributed by atoms with Crippen LogP contribution >= 0.6 is 23.4 Å². The van der Waals surface area contributed by atoms with E-state index in [2.05, 4.69) is 15.5 Å². The SMILES string of the molecule is O=C(CSc1nnc(-c2ccccc2Cl)n1Cc1ccccc1)Nc1cccc(F)c1. The Morgan fingerprint density at radius 1 is 1.00 bits per heavy atom. The monoisotopic (exact) mass is 452 g/mol. The molecule has 0 saturated heterocycles. The van der Waals surface area contributed by atoms with Crippen molar-refractivity contribution in [3.63, 3.8) is 0 Å². The molecule has 4 aromatic rings. The molecule has 0 unspecified atom stereocenters. The van der Waals surface area contributed by atoms with Gasteiger partial charge in [0, 0.05) is 11.3 Å². The number of halogens is 2. The van der Waals surface area contributed by atoms with Crippen LogP contribution in [0.3, 0.4) is 0 Å². The second-order valence-corrected chi connectivity index (χ2v) is 8.05. The van der Waals surface area contributed by atoms with Crippen LogP contribution in [-0.4, -0.2) is 26.4 Å². The van der Waals surface area contributed by atoms with E-state index in [4.69, 9.17) is 11.6 Å². The second-order valence-electron chi connectivity index (χ2n) is 6.70. The molecule has 0 spiro atoms. The molecule has 0 aliphatic rings. The number of hydrogen-bond acceptors (Lipinski definition) is 4. The van der Waals surface area contributed by atoms with E-state index in [1.165, 1.54) is 23.9 Å². The molecule has 1 aromatic heterocycles. The number of benzene rings is 3. The third-order valence-electron chi connectivity index (χ3n) is 4.46. The standard InChI is InChI=1S/C23H18ClFN4OS/c24-20-12-5-4-11-19(20)22-27-28-23(29(22)14-16-7-2-1-3-8-16)31-15-21(30)26-18-10-6-9-17(25)13-18/h1-13H,14-15H2,(H,26,30). The topological polar surface area (TPSA) is 59.8 Å². The van der Waals surface area contributed by atoms with Crippen molar-refractivity contribution >= 4 is 35.0 Å². The first-order chi connectivity index (χ1) is 15.1. The van der Waals surface area contributed by atoms with Crippen molar-refractivity contribution in [2.24, 2.45) is 0 Å². The fourth-order valence-electron chi connectivity index (χ4n) is 3.04. The molecule has 5 nitrogen and oxygen atoms in total. The van der Waals surface area contributed by atoms with Crippen molar-refractivity contribution in [2.75, 3.05) is 11.1 Å². The Hall–Kier alpha value is -3.16. The highest BCUT2D eigenvalue weighted by Crippen LogP contribution is 2.30. The van der Waals surface area contributed by atoms with Gasteiger partial charge in [0.2, 0.25) is 5.91 Å². The molecule has 31 heavy (non-hydrogen) atoms. The summed E-state index contributed by atoms with van der Waals surface area (Å²) >= 11 is 7.65. The van der Waals surface area contributed by atoms with Gasteiger partial charge in [-0.25, -0.2) is 4.39 Å². The Labute approximate surface area is 188 Å². The van der Waals surface area contributed by atoms with E-state index in [1.54, 1.807) is 18.2 Å². The quantitative estimate of drug-likeness (QED) is 0.375. The molecule has 4 rings (SSSR count). The first-order valence-electron chi connectivity index (χ1n) is 9.50. The highest BCUT2D eigenvalue weighted by molar-refractivity contribution is 7.99. The van der Waals surface area contributed by atoms with E-state index in [-0.39, 0.29) is 11.7 Å². The molecule has 0 atom stereocenters. The maximum atomic E-state index is 13.3. The minimum atomic E-state index is -0.405. The summed E-state index contributed by atoms with van der Waals surface area (Å²) in [6.45, 7) is 0.530. The van der Waals surface area contributed by atoms with Crippen LogP contribution in [0.15, 0.2) is 84.0 Å². The summed E-state index contributed by atoms with van der Waals surface area (Å²) in [6.07, 6.45) is 0. The van der Waals surface area contributed by atoms with Gasteiger partial charge < -0.3 is 5.32 Å². The van der Waals surface area contributed by atoms with Crippen molar-refractivity contribution < 1.29 is 9.18 Å².